The molecule has 0 bridgehead atoms. The fraction of sp³-hybridized carbons (Fsp3) is 0.538. The second kappa shape index (κ2) is 5.75. The molecule has 1 aromatic rings. The van der Waals surface area contributed by atoms with E-state index >= 15 is 0 Å². The van der Waals surface area contributed by atoms with Crippen LogP contribution >= 0.6 is 0 Å². The lowest BCUT2D eigenvalue weighted by atomic mass is 10.2. The maximum Gasteiger partial charge on any atom is 0.161 e. The van der Waals surface area contributed by atoms with Gasteiger partial charge in [-0.1, -0.05) is 13.3 Å². The Hall–Kier alpha value is -1.22. The number of quaternary nitrogens is 1. The zero-order valence-corrected chi connectivity index (χ0v) is 9.87. The van der Waals surface area contributed by atoms with Gasteiger partial charge in [0.1, 0.15) is 19.8 Å². The maximum atomic E-state index is 5.55. The van der Waals surface area contributed by atoms with Crippen LogP contribution in [0.5, 0.6) is 11.5 Å². The van der Waals surface area contributed by atoms with Crippen molar-refractivity contribution >= 4 is 0 Å². The van der Waals surface area contributed by atoms with Crippen molar-refractivity contribution in [3.8, 4) is 11.5 Å². The molecule has 0 atom stereocenters. The van der Waals surface area contributed by atoms with Crippen LogP contribution in [0.1, 0.15) is 25.3 Å². The molecule has 0 radical (unpaired) electrons. The van der Waals surface area contributed by atoms with Crippen LogP contribution in [0.15, 0.2) is 18.2 Å². The summed E-state index contributed by atoms with van der Waals surface area (Å²) in [7, 11) is 0. The summed E-state index contributed by atoms with van der Waals surface area (Å²) in [6.45, 7) is 5.77. The van der Waals surface area contributed by atoms with Crippen LogP contribution in [0.25, 0.3) is 0 Å². The first kappa shape index (κ1) is 11.3. The van der Waals surface area contributed by atoms with Crippen molar-refractivity contribution in [2.45, 2.75) is 26.3 Å². The van der Waals surface area contributed by atoms with Crippen LogP contribution in [0.2, 0.25) is 0 Å². The van der Waals surface area contributed by atoms with Crippen molar-refractivity contribution < 1.29 is 14.8 Å². The molecule has 0 amide bonds. The van der Waals surface area contributed by atoms with Crippen LogP contribution in [-0.2, 0) is 6.54 Å². The second-order valence-corrected chi connectivity index (χ2v) is 4.11. The van der Waals surface area contributed by atoms with Crippen LogP contribution in [-0.4, -0.2) is 19.8 Å². The Morgan fingerprint density at radius 3 is 2.81 bits per heavy atom. The minimum atomic E-state index is 0.662. The first-order valence-corrected chi connectivity index (χ1v) is 6.10. The number of unbranched alkanes of at least 4 members (excludes halogenated alkanes) is 1. The van der Waals surface area contributed by atoms with Gasteiger partial charge in [0, 0.05) is 5.56 Å². The Bertz CT molecular complexity index is 339. The predicted octanol–water partition coefficient (Wildman–Crippen LogP) is 1.32. The van der Waals surface area contributed by atoms with Gasteiger partial charge in [-0.05, 0) is 24.6 Å². The van der Waals surface area contributed by atoms with E-state index in [2.05, 4.69) is 24.4 Å². The van der Waals surface area contributed by atoms with Gasteiger partial charge in [0.15, 0.2) is 11.5 Å². The predicted molar refractivity (Wildman–Crippen MR) is 62.8 cm³/mol. The largest absolute Gasteiger partial charge is 0.486 e. The van der Waals surface area contributed by atoms with E-state index in [0.29, 0.717) is 13.2 Å². The van der Waals surface area contributed by atoms with Gasteiger partial charge in [0.2, 0.25) is 0 Å². The molecule has 2 rings (SSSR count). The fourth-order valence-corrected chi connectivity index (χ4v) is 1.83. The van der Waals surface area contributed by atoms with Crippen molar-refractivity contribution in [3.63, 3.8) is 0 Å². The van der Waals surface area contributed by atoms with Crippen molar-refractivity contribution in [3.05, 3.63) is 23.8 Å². The molecule has 16 heavy (non-hydrogen) atoms. The van der Waals surface area contributed by atoms with Crippen LogP contribution in [0.4, 0.5) is 0 Å². The lowest BCUT2D eigenvalue weighted by Gasteiger charge is -2.18. The first-order chi connectivity index (χ1) is 7.90. The minimum Gasteiger partial charge on any atom is -0.486 e. The molecule has 0 aliphatic carbocycles. The molecule has 0 saturated heterocycles. The number of ether oxygens (including phenoxy) is 2. The van der Waals surface area contributed by atoms with Crippen LogP contribution < -0.4 is 14.8 Å². The van der Waals surface area contributed by atoms with Crippen LogP contribution in [0.3, 0.4) is 0 Å². The highest BCUT2D eigenvalue weighted by Crippen LogP contribution is 2.30. The summed E-state index contributed by atoms with van der Waals surface area (Å²) in [5, 5.41) is 2.34. The highest BCUT2D eigenvalue weighted by molar-refractivity contribution is 5.43. The first-order valence-electron chi connectivity index (χ1n) is 6.10. The van der Waals surface area contributed by atoms with Crippen LogP contribution in [0, 0.1) is 0 Å². The summed E-state index contributed by atoms with van der Waals surface area (Å²) in [5.41, 5.74) is 1.31. The highest BCUT2D eigenvalue weighted by atomic mass is 16.6. The van der Waals surface area contributed by atoms with E-state index < -0.39 is 0 Å². The zero-order valence-electron chi connectivity index (χ0n) is 9.87. The van der Waals surface area contributed by atoms with Crippen molar-refractivity contribution in [2.75, 3.05) is 19.8 Å². The molecule has 1 heterocycles. The molecular weight excluding hydrogens is 202 g/mol. The number of rotatable bonds is 5. The maximum absolute atomic E-state index is 5.55. The Labute approximate surface area is 96.8 Å². The second-order valence-electron chi connectivity index (χ2n) is 4.11. The zero-order chi connectivity index (χ0) is 11.2. The van der Waals surface area contributed by atoms with Crippen molar-refractivity contribution in [1.29, 1.82) is 0 Å². The number of benzene rings is 1. The lowest BCUT2D eigenvalue weighted by Crippen LogP contribution is -2.82. The molecule has 2 N–H and O–H groups in total. The number of nitrogens with two attached hydrogens (primary N) is 1. The summed E-state index contributed by atoms with van der Waals surface area (Å²) in [4.78, 5) is 0. The molecule has 1 aromatic carbocycles. The summed E-state index contributed by atoms with van der Waals surface area (Å²) in [6.07, 6.45) is 2.54. The van der Waals surface area contributed by atoms with Gasteiger partial charge in [0.25, 0.3) is 0 Å². The molecule has 88 valence electrons. The smallest absolute Gasteiger partial charge is 0.161 e. The van der Waals surface area contributed by atoms with Gasteiger partial charge in [-0.15, -0.1) is 0 Å². The molecule has 3 heteroatoms. The van der Waals surface area contributed by atoms with E-state index in [1.807, 2.05) is 6.07 Å². The molecule has 3 nitrogen and oxygen atoms in total. The number of hydrogen-bond acceptors (Lipinski definition) is 2. The van der Waals surface area contributed by atoms with Gasteiger partial charge < -0.3 is 14.8 Å². The quantitative estimate of drug-likeness (QED) is 0.763. The van der Waals surface area contributed by atoms with Gasteiger partial charge in [0.05, 0.1) is 6.54 Å². The van der Waals surface area contributed by atoms with Gasteiger partial charge in [-0.2, -0.15) is 0 Å². The van der Waals surface area contributed by atoms with Crippen molar-refractivity contribution in [1.82, 2.24) is 0 Å². The third-order valence-electron chi connectivity index (χ3n) is 2.75. The highest BCUT2D eigenvalue weighted by Gasteiger charge is 2.11. The summed E-state index contributed by atoms with van der Waals surface area (Å²) in [6, 6.07) is 6.23. The Morgan fingerprint density at radius 2 is 2.00 bits per heavy atom. The Balaban J connectivity index is 1.90. The SMILES string of the molecule is CCCC[NH2+]Cc1ccc2c(c1)OCCO2. The van der Waals surface area contributed by atoms with E-state index in [-0.39, 0.29) is 0 Å². The third kappa shape index (κ3) is 2.89. The monoisotopic (exact) mass is 222 g/mol. The molecule has 1 aliphatic rings. The normalized spacial score (nSPS) is 13.8. The minimum absolute atomic E-state index is 0.662. The van der Waals surface area contributed by atoms with E-state index in [0.717, 1.165) is 18.0 Å². The summed E-state index contributed by atoms with van der Waals surface area (Å²) in [5.74, 6) is 1.77. The van der Waals surface area contributed by atoms with E-state index in [1.165, 1.54) is 24.9 Å². The third-order valence-corrected chi connectivity index (χ3v) is 2.75. The van der Waals surface area contributed by atoms with Crippen molar-refractivity contribution in [2.24, 2.45) is 0 Å². The van der Waals surface area contributed by atoms with E-state index in [4.69, 9.17) is 9.47 Å². The summed E-state index contributed by atoms with van der Waals surface area (Å²) < 4.78 is 11.0. The average molecular weight is 222 g/mol. The number of hydrogen-bond donors (Lipinski definition) is 1. The fourth-order valence-electron chi connectivity index (χ4n) is 1.83. The topological polar surface area (TPSA) is 35.1 Å². The average Bonchev–Trinajstić information content (AvgIpc) is 2.34. The molecule has 0 spiro atoms. The van der Waals surface area contributed by atoms with Gasteiger partial charge in [-0.3, -0.25) is 0 Å². The van der Waals surface area contributed by atoms with Gasteiger partial charge in [-0.25, -0.2) is 0 Å². The molecule has 0 saturated carbocycles. The molecular formula is C13H20NO2+. The summed E-state index contributed by atoms with van der Waals surface area (Å²) >= 11 is 0. The number of fused-ring (bicyclic) bond motifs is 1. The Morgan fingerprint density at radius 1 is 1.19 bits per heavy atom. The van der Waals surface area contributed by atoms with E-state index in [1.54, 1.807) is 0 Å². The molecule has 0 unspecified atom stereocenters. The Kier molecular flexibility index (Phi) is 4.05. The van der Waals surface area contributed by atoms with E-state index in [9.17, 15) is 0 Å². The molecule has 0 fully saturated rings. The standard InChI is InChI=1S/C13H19NO2/c1-2-3-6-14-10-11-4-5-12-13(9-11)16-8-7-15-12/h4-5,9,14H,2-3,6-8,10H2,1H3/p+1. The van der Waals surface area contributed by atoms with Gasteiger partial charge >= 0.3 is 0 Å². The molecule has 0 aromatic heterocycles. The lowest BCUT2D eigenvalue weighted by molar-refractivity contribution is -0.670. The molecule has 1 aliphatic heterocycles.